The highest BCUT2D eigenvalue weighted by Crippen LogP contribution is 2.37. The molecule has 0 spiro atoms. The number of imide groups is 1. The lowest BCUT2D eigenvalue weighted by Crippen LogP contribution is -2.32. The van der Waals surface area contributed by atoms with Crippen LogP contribution in [0.1, 0.15) is 25.7 Å². The lowest BCUT2D eigenvalue weighted by Gasteiger charge is -2.19. The van der Waals surface area contributed by atoms with Gasteiger partial charge in [0, 0.05) is 0 Å². The van der Waals surface area contributed by atoms with Crippen LogP contribution in [0, 0.1) is 11.8 Å². The Morgan fingerprint density at radius 1 is 1.14 bits per heavy atom. The first kappa shape index (κ1) is 9.37. The maximum absolute atomic E-state index is 11.7. The second-order valence-electron chi connectivity index (χ2n) is 3.90. The lowest BCUT2D eigenvalue weighted by atomic mass is 9.81. The molecule has 0 bridgehead atoms. The molecule has 14 heavy (non-hydrogen) atoms. The summed E-state index contributed by atoms with van der Waals surface area (Å²) in [5, 5.41) is 0. The van der Waals surface area contributed by atoms with Crippen LogP contribution in [0.25, 0.3) is 0 Å². The standard InChI is InChI=1S/C10H12NO3/c12-6-5-11-9(13)7-3-1-2-4-8(7)10(11)14/h7-8H,1-5H2. The summed E-state index contributed by atoms with van der Waals surface area (Å²) in [7, 11) is 0. The molecule has 1 heterocycles. The molecule has 1 saturated carbocycles. The van der Waals surface area contributed by atoms with Crippen molar-refractivity contribution in [3.05, 3.63) is 0 Å². The molecule has 1 aliphatic carbocycles. The first-order chi connectivity index (χ1) is 6.75. The molecule has 0 aromatic carbocycles. The number of carbonyl (C=O) groups excluding carboxylic acids is 3. The topological polar surface area (TPSA) is 54.5 Å². The Morgan fingerprint density at radius 2 is 1.64 bits per heavy atom. The number of hydrogen-bond acceptors (Lipinski definition) is 3. The van der Waals surface area contributed by atoms with Crippen LogP contribution in [-0.2, 0) is 14.4 Å². The van der Waals surface area contributed by atoms with Gasteiger partial charge in [0.25, 0.3) is 0 Å². The minimum Gasteiger partial charge on any atom is -0.289 e. The molecule has 1 saturated heterocycles. The molecule has 4 heteroatoms. The Kier molecular flexibility index (Phi) is 2.35. The van der Waals surface area contributed by atoms with Gasteiger partial charge >= 0.3 is 0 Å². The smallest absolute Gasteiger partial charge is 0.233 e. The second kappa shape index (κ2) is 3.52. The van der Waals surface area contributed by atoms with Gasteiger partial charge in [0.1, 0.15) is 0 Å². The normalized spacial score (nSPS) is 31.9. The molecule has 2 unspecified atom stereocenters. The molecule has 2 amide bonds. The quantitative estimate of drug-likeness (QED) is 0.593. The Labute approximate surface area is 82.3 Å². The summed E-state index contributed by atoms with van der Waals surface area (Å²) in [5.41, 5.74) is 0. The number of amides is 2. The SMILES string of the molecule is O=[C]CN1C(=O)C2CCCCC2C1=O. The predicted octanol–water partition coefficient (Wildman–Crippen LogP) is 0.271. The average Bonchev–Trinajstić information content (AvgIpc) is 2.45. The van der Waals surface area contributed by atoms with Crippen molar-refractivity contribution in [3.8, 4) is 0 Å². The largest absolute Gasteiger partial charge is 0.289 e. The third kappa shape index (κ3) is 1.25. The third-order valence-corrected chi connectivity index (χ3v) is 3.16. The third-order valence-electron chi connectivity index (χ3n) is 3.16. The fourth-order valence-electron chi connectivity index (χ4n) is 2.45. The summed E-state index contributed by atoms with van der Waals surface area (Å²) in [5.74, 6) is -0.625. The Bertz CT molecular complexity index is 263. The molecular weight excluding hydrogens is 182 g/mol. The van der Waals surface area contributed by atoms with E-state index in [0.717, 1.165) is 30.6 Å². The lowest BCUT2D eigenvalue weighted by molar-refractivity contribution is -0.138. The van der Waals surface area contributed by atoms with E-state index in [1.807, 2.05) is 0 Å². The van der Waals surface area contributed by atoms with E-state index in [9.17, 15) is 14.4 Å². The molecule has 1 aliphatic heterocycles. The van der Waals surface area contributed by atoms with E-state index in [4.69, 9.17) is 0 Å². The zero-order valence-electron chi connectivity index (χ0n) is 7.86. The van der Waals surface area contributed by atoms with E-state index in [0.29, 0.717) is 0 Å². The van der Waals surface area contributed by atoms with Gasteiger partial charge in [-0.25, -0.2) is 0 Å². The monoisotopic (exact) mass is 194 g/mol. The maximum atomic E-state index is 11.7. The van der Waals surface area contributed by atoms with Crippen molar-refractivity contribution in [2.75, 3.05) is 6.54 Å². The maximum Gasteiger partial charge on any atom is 0.233 e. The highest BCUT2D eigenvalue weighted by Gasteiger charge is 2.47. The average molecular weight is 194 g/mol. The Morgan fingerprint density at radius 3 is 2.07 bits per heavy atom. The van der Waals surface area contributed by atoms with E-state index in [-0.39, 0.29) is 30.2 Å². The highest BCUT2D eigenvalue weighted by atomic mass is 16.2. The highest BCUT2D eigenvalue weighted by molar-refractivity contribution is 6.06. The van der Waals surface area contributed by atoms with Gasteiger partial charge in [0.2, 0.25) is 18.1 Å². The van der Waals surface area contributed by atoms with Gasteiger partial charge in [0.05, 0.1) is 18.4 Å². The van der Waals surface area contributed by atoms with E-state index < -0.39 is 0 Å². The van der Waals surface area contributed by atoms with Crippen molar-refractivity contribution >= 4 is 18.1 Å². The number of hydrogen-bond donors (Lipinski definition) is 0. The van der Waals surface area contributed by atoms with Crippen LogP contribution in [0.3, 0.4) is 0 Å². The summed E-state index contributed by atoms with van der Waals surface area (Å²) in [6, 6.07) is 0. The van der Waals surface area contributed by atoms with Crippen molar-refractivity contribution in [1.29, 1.82) is 0 Å². The molecule has 0 aromatic heterocycles. The molecule has 0 N–H and O–H groups in total. The van der Waals surface area contributed by atoms with Crippen molar-refractivity contribution in [2.45, 2.75) is 25.7 Å². The molecule has 2 aliphatic rings. The summed E-state index contributed by atoms with van der Waals surface area (Å²) in [6.45, 7) is -0.190. The summed E-state index contributed by atoms with van der Waals surface area (Å²) in [4.78, 5) is 34.6. The van der Waals surface area contributed by atoms with Gasteiger partial charge in [-0.05, 0) is 12.8 Å². The van der Waals surface area contributed by atoms with Gasteiger partial charge in [0.15, 0.2) is 0 Å². The van der Waals surface area contributed by atoms with Crippen LogP contribution in [0.15, 0.2) is 0 Å². The fraction of sp³-hybridized carbons (Fsp3) is 0.700. The first-order valence-electron chi connectivity index (χ1n) is 4.96. The van der Waals surface area contributed by atoms with Crippen molar-refractivity contribution in [3.63, 3.8) is 0 Å². The molecule has 2 atom stereocenters. The minimum absolute atomic E-state index is 0.149. The molecule has 75 valence electrons. The minimum atomic E-state index is -0.190. The van der Waals surface area contributed by atoms with Gasteiger partial charge in [-0.15, -0.1) is 0 Å². The van der Waals surface area contributed by atoms with E-state index in [1.165, 1.54) is 0 Å². The summed E-state index contributed by atoms with van der Waals surface area (Å²) in [6.07, 6.45) is 5.23. The van der Waals surface area contributed by atoms with Gasteiger partial charge < -0.3 is 0 Å². The molecule has 4 nitrogen and oxygen atoms in total. The number of rotatable bonds is 2. The molecule has 1 radical (unpaired) electrons. The molecular formula is C10H12NO3. The summed E-state index contributed by atoms with van der Waals surface area (Å²) >= 11 is 0. The molecule has 2 rings (SSSR count). The Hall–Kier alpha value is -1.19. The van der Waals surface area contributed by atoms with Crippen LogP contribution in [0.2, 0.25) is 0 Å². The van der Waals surface area contributed by atoms with Crippen molar-refractivity contribution in [2.24, 2.45) is 11.8 Å². The molecule has 2 fully saturated rings. The van der Waals surface area contributed by atoms with Crippen LogP contribution >= 0.6 is 0 Å². The Balaban J connectivity index is 2.19. The zero-order chi connectivity index (χ0) is 10.1. The van der Waals surface area contributed by atoms with E-state index >= 15 is 0 Å². The number of nitrogens with zero attached hydrogens (tertiary/aromatic N) is 1. The fourth-order valence-corrected chi connectivity index (χ4v) is 2.45. The van der Waals surface area contributed by atoms with Crippen LogP contribution < -0.4 is 0 Å². The van der Waals surface area contributed by atoms with Crippen LogP contribution in [-0.4, -0.2) is 29.5 Å². The van der Waals surface area contributed by atoms with Gasteiger partial charge in [-0.1, -0.05) is 12.8 Å². The van der Waals surface area contributed by atoms with Gasteiger partial charge in [-0.3, -0.25) is 19.3 Å². The number of likely N-dealkylation sites (tertiary alicyclic amines) is 1. The van der Waals surface area contributed by atoms with E-state index in [1.54, 1.807) is 6.29 Å². The van der Waals surface area contributed by atoms with Crippen molar-refractivity contribution in [1.82, 2.24) is 4.90 Å². The van der Waals surface area contributed by atoms with Crippen molar-refractivity contribution < 1.29 is 14.4 Å². The number of carbonyl (C=O) groups is 2. The summed E-state index contributed by atoms with van der Waals surface area (Å²) < 4.78 is 0. The van der Waals surface area contributed by atoms with Crippen LogP contribution in [0.4, 0.5) is 0 Å². The number of fused-ring (bicyclic) bond motifs is 1. The van der Waals surface area contributed by atoms with E-state index in [2.05, 4.69) is 0 Å². The zero-order valence-corrected chi connectivity index (χ0v) is 7.86. The predicted molar refractivity (Wildman–Crippen MR) is 47.9 cm³/mol. The van der Waals surface area contributed by atoms with Gasteiger partial charge in [-0.2, -0.15) is 0 Å². The first-order valence-corrected chi connectivity index (χ1v) is 4.96. The second-order valence-corrected chi connectivity index (χ2v) is 3.90. The molecule has 0 aromatic rings. The van der Waals surface area contributed by atoms with Crippen LogP contribution in [0.5, 0.6) is 0 Å².